The molecule has 0 aromatic heterocycles. The first-order chi connectivity index (χ1) is 19.2. The number of hydrogen-bond acceptors (Lipinski definition) is 4. The summed E-state index contributed by atoms with van der Waals surface area (Å²) in [7, 11) is 0. The molecule has 39 heavy (non-hydrogen) atoms. The molecule has 196 valence electrons. The van der Waals surface area contributed by atoms with Crippen molar-refractivity contribution in [3.63, 3.8) is 0 Å². The van der Waals surface area contributed by atoms with E-state index in [1.54, 1.807) is 0 Å². The first kappa shape index (κ1) is 25.3. The molecule has 1 N–H and O–H groups in total. The van der Waals surface area contributed by atoms with Crippen LogP contribution in [0, 0.1) is 5.92 Å². The smallest absolute Gasteiger partial charge is 0.180 e. The normalized spacial score (nSPS) is 19.4. The largest absolute Gasteiger partial charge is 0.490 e. The predicted molar refractivity (Wildman–Crippen MR) is 160 cm³/mol. The number of ether oxygens (including phenoxy) is 2. The van der Waals surface area contributed by atoms with E-state index >= 15 is 0 Å². The van der Waals surface area contributed by atoms with E-state index in [-0.39, 0.29) is 6.04 Å². The van der Waals surface area contributed by atoms with Gasteiger partial charge < -0.3 is 14.8 Å². The molecular weight excluding hydrogens is 504 g/mol. The van der Waals surface area contributed by atoms with Crippen molar-refractivity contribution in [1.82, 2.24) is 0 Å². The van der Waals surface area contributed by atoms with Gasteiger partial charge in [-0.05, 0) is 71.8 Å². The van der Waals surface area contributed by atoms with Crippen molar-refractivity contribution in [1.29, 1.82) is 0 Å². The number of halogens is 1. The summed E-state index contributed by atoms with van der Waals surface area (Å²) in [4.78, 5) is 4.72. The maximum atomic E-state index is 6.63. The second-order valence-corrected chi connectivity index (χ2v) is 10.4. The van der Waals surface area contributed by atoms with E-state index in [0.717, 1.165) is 23.2 Å². The van der Waals surface area contributed by atoms with Gasteiger partial charge in [0.1, 0.15) is 6.61 Å². The predicted octanol–water partition coefficient (Wildman–Crippen LogP) is 8.89. The third kappa shape index (κ3) is 5.43. The van der Waals surface area contributed by atoms with E-state index in [1.165, 1.54) is 16.8 Å². The molecule has 0 saturated heterocycles. The van der Waals surface area contributed by atoms with E-state index in [1.807, 2.05) is 55.6 Å². The molecule has 4 aromatic rings. The molecule has 1 aliphatic carbocycles. The molecule has 6 rings (SSSR count). The Bertz CT molecular complexity index is 1500. The zero-order valence-electron chi connectivity index (χ0n) is 21.9. The van der Waals surface area contributed by atoms with E-state index in [4.69, 9.17) is 26.1 Å². The standard InChI is InChI=1S/C34H31ClN2O2/c1-2-38-32-20-24(19-30(35)34(32)39-22-23-9-4-3-5-10-23)21-36-26-17-15-25(16-18-26)33-29-13-8-12-27(29)28-11-6-7-14-31(28)37-33/h3-12,14-21,27,29,33,37H,2,13,22H2,1H3/t27-,29+,33+/m1/s1. The number of aliphatic imine (C=N–C) groups is 1. The quantitative estimate of drug-likeness (QED) is 0.181. The molecule has 4 aromatic carbocycles. The van der Waals surface area contributed by atoms with Crippen molar-refractivity contribution in [3.8, 4) is 11.5 Å². The fourth-order valence-corrected chi connectivity index (χ4v) is 5.86. The lowest BCUT2D eigenvalue weighted by atomic mass is 9.77. The lowest BCUT2D eigenvalue weighted by Crippen LogP contribution is -2.28. The van der Waals surface area contributed by atoms with Crippen molar-refractivity contribution in [2.24, 2.45) is 10.9 Å². The summed E-state index contributed by atoms with van der Waals surface area (Å²) in [6.07, 6.45) is 7.60. The third-order valence-corrected chi connectivity index (χ3v) is 7.73. The molecule has 1 aliphatic heterocycles. The van der Waals surface area contributed by atoms with Gasteiger partial charge >= 0.3 is 0 Å². The number of hydrogen-bond donors (Lipinski definition) is 1. The molecule has 4 nitrogen and oxygen atoms in total. The summed E-state index contributed by atoms with van der Waals surface area (Å²) in [6.45, 7) is 2.87. The highest BCUT2D eigenvalue weighted by Gasteiger charge is 2.37. The Balaban J connectivity index is 1.18. The Kier molecular flexibility index (Phi) is 7.38. The number of allylic oxidation sites excluding steroid dienone is 2. The Morgan fingerprint density at radius 3 is 2.56 bits per heavy atom. The van der Waals surface area contributed by atoms with Gasteiger partial charge in [0.25, 0.3) is 0 Å². The molecule has 0 amide bonds. The van der Waals surface area contributed by atoms with Crippen molar-refractivity contribution < 1.29 is 9.47 Å². The van der Waals surface area contributed by atoms with Crippen LogP contribution in [0.1, 0.15) is 47.6 Å². The van der Waals surface area contributed by atoms with Gasteiger partial charge in [-0.15, -0.1) is 0 Å². The van der Waals surface area contributed by atoms with Crippen LogP contribution < -0.4 is 14.8 Å². The first-order valence-corrected chi connectivity index (χ1v) is 13.9. The fraction of sp³-hybridized carbons (Fsp3) is 0.206. The average Bonchev–Trinajstić information content (AvgIpc) is 3.47. The number of anilines is 1. The first-order valence-electron chi connectivity index (χ1n) is 13.5. The lowest BCUT2D eigenvalue weighted by molar-refractivity contribution is 0.269. The second-order valence-electron chi connectivity index (χ2n) is 9.95. The number of nitrogens with zero attached hydrogens (tertiary/aromatic N) is 1. The van der Waals surface area contributed by atoms with Crippen LogP contribution in [-0.2, 0) is 6.61 Å². The van der Waals surface area contributed by atoms with E-state index in [2.05, 4.69) is 66.0 Å². The molecule has 0 spiro atoms. The minimum Gasteiger partial charge on any atom is -0.490 e. The van der Waals surface area contributed by atoms with Gasteiger partial charge in [0.05, 0.1) is 23.4 Å². The number of benzene rings is 4. The molecular formula is C34H31ClN2O2. The Labute approximate surface area is 235 Å². The molecule has 3 atom stereocenters. The minimum absolute atomic E-state index is 0.272. The fourth-order valence-electron chi connectivity index (χ4n) is 5.59. The van der Waals surface area contributed by atoms with Crippen LogP contribution in [0.25, 0.3) is 0 Å². The van der Waals surface area contributed by atoms with Crippen LogP contribution in [-0.4, -0.2) is 12.8 Å². The summed E-state index contributed by atoms with van der Waals surface area (Å²) in [6, 6.07) is 31.2. The molecule has 5 heteroatoms. The Morgan fingerprint density at radius 2 is 1.74 bits per heavy atom. The second kappa shape index (κ2) is 11.4. The van der Waals surface area contributed by atoms with Crippen LogP contribution >= 0.6 is 11.6 Å². The lowest BCUT2D eigenvalue weighted by Gasteiger charge is -2.37. The molecule has 0 bridgehead atoms. The van der Waals surface area contributed by atoms with E-state index in [0.29, 0.717) is 41.6 Å². The van der Waals surface area contributed by atoms with Crippen molar-refractivity contribution in [3.05, 3.63) is 130 Å². The monoisotopic (exact) mass is 534 g/mol. The van der Waals surface area contributed by atoms with Crippen LogP contribution in [0.3, 0.4) is 0 Å². The van der Waals surface area contributed by atoms with Crippen LogP contribution in [0.2, 0.25) is 5.02 Å². The zero-order chi connectivity index (χ0) is 26.6. The summed E-state index contributed by atoms with van der Waals surface area (Å²) in [5, 5.41) is 4.29. The summed E-state index contributed by atoms with van der Waals surface area (Å²) < 4.78 is 11.9. The summed E-state index contributed by atoms with van der Waals surface area (Å²) in [5.74, 6) is 2.15. The highest BCUT2D eigenvalue weighted by molar-refractivity contribution is 6.32. The summed E-state index contributed by atoms with van der Waals surface area (Å²) in [5.41, 5.74) is 6.71. The number of rotatable bonds is 8. The number of para-hydroxylation sites is 1. The van der Waals surface area contributed by atoms with Gasteiger partial charge in [-0.2, -0.15) is 0 Å². The SMILES string of the molecule is CCOc1cc(C=Nc2ccc([C@@H]3Nc4ccccc4[C@H]4C=CC[C@@H]43)cc2)cc(Cl)c1OCc1ccccc1. The minimum atomic E-state index is 0.272. The highest BCUT2D eigenvalue weighted by Crippen LogP contribution is 2.49. The molecule has 0 radical (unpaired) electrons. The molecule has 1 heterocycles. The maximum absolute atomic E-state index is 6.63. The van der Waals surface area contributed by atoms with Gasteiger partial charge in [-0.3, -0.25) is 4.99 Å². The number of nitrogens with one attached hydrogen (secondary N) is 1. The zero-order valence-corrected chi connectivity index (χ0v) is 22.6. The molecule has 0 unspecified atom stereocenters. The van der Waals surface area contributed by atoms with Crippen molar-refractivity contribution in [2.75, 3.05) is 11.9 Å². The van der Waals surface area contributed by atoms with Crippen LogP contribution in [0.15, 0.2) is 108 Å². The Hall–Kier alpha value is -4.02. The molecule has 0 saturated carbocycles. The van der Waals surface area contributed by atoms with Crippen LogP contribution in [0.5, 0.6) is 11.5 Å². The van der Waals surface area contributed by atoms with Gasteiger partial charge in [0.15, 0.2) is 11.5 Å². The van der Waals surface area contributed by atoms with Gasteiger partial charge in [-0.1, -0.05) is 84.4 Å². The molecule has 0 fully saturated rings. The van der Waals surface area contributed by atoms with Crippen LogP contribution in [0.4, 0.5) is 11.4 Å². The topological polar surface area (TPSA) is 42.8 Å². The Morgan fingerprint density at radius 1 is 0.949 bits per heavy atom. The van der Waals surface area contributed by atoms with Crippen molar-refractivity contribution >= 4 is 29.2 Å². The number of fused-ring (bicyclic) bond motifs is 3. The molecule has 2 aliphatic rings. The van der Waals surface area contributed by atoms with E-state index < -0.39 is 0 Å². The average molecular weight is 535 g/mol. The van der Waals surface area contributed by atoms with Gasteiger partial charge in [0, 0.05) is 17.8 Å². The third-order valence-electron chi connectivity index (χ3n) is 7.44. The highest BCUT2D eigenvalue weighted by atomic mass is 35.5. The van der Waals surface area contributed by atoms with E-state index in [9.17, 15) is 0 Å². The van der Waals surface area contributed by atoms with Gasteiger partial charge in [-0.25, -0.2) is 0 Å². The van der Waals surface area contributed by atoms with Gasteiger partial charge in [0.2, 0.25) is 0 Å². The maximum Gasteiger partial charge on any atom is 0.180 e. The summed E-state index contributed by atoms with van der Waals surface area (Å²) >= 11 is 6.63. The van der Waals surface area contributed by atoms with Crippen molar-refractivity contribution in [2.45, 2.75) is 31.9 Å².